The van der Waals surface area contributed by atoms with Crippen LogP contribution in [0.1, 0.15) is 0 Å². The molecule has 2 N–H and O–H groups in total. The molecule has 1 aliphatic heterocycles. The third-order valence-corrected chi connectivity index (χ3v) is 1.47. The van der Waals surface area contributed by atoms with Gasteiger partial charge in [0.05, 0.1) is 0 Å². The predicted octanol–water partition coefficient (Wildman–Crippen LogP) is -2.29. The van der Waals surface area contributed by atoms with Gasteiger partial charge in [-0.1, -0.05) is 0 Å². The molecule has 5 nitrogen and oxygen atoms in total. The van der Waals surface area contributed by atoms with Crippen LogP contribution in [0.25, 0.3) is 0 Å². The van der Waals surface area contributed by atoms with Gasteiger partial charge < -0.3 is 10.2 Å². The lowest BCUT2D eigenvalue weighted by Gasteiger charge is -2.02. The molecule has 2 atom stereocenters. The third kappa shape index (κ3) is 0.714. The van der Waals surface area contributed by atoms with Crippen LogP contribution >= 0.6 is 0 Å². The van der Waals surface area contributed by atoms with Crippen molar-refractivity contribution in [3.05, 3.63) is 0 Å². The zero-order valence-electron chi connectivity index (χ0n) is 5.31. The van der Waals surface area contributed by atoms with Crippen LogP contribution in [0.2, 0.25) is 0 Å². The summed E-state index contributed by atoms with van der Waals surface area (Å²) in [5, 5.41) is 17.5. The van der Waals surface area contributed by atoms with Crippen LogP contribution in [0, 0.1) is 0 Å². The highest BCUT2D eigenvalue weighted by atomic mass is 16.4. The van der Waals surface area contributed by atoms with E-state index in [1.165, 1.54) is 7.05 Å². The van der Waals surface area contributed by atoms with Gasteiger partial charge in [0.1, 0.15) is 0 Å². The van der Waals surface area contributed by atoms with E-state index in [9.17, 15) is 9.59 Å². The summed E-state index contributed by atoms with van der Waals surface area (Å²) in [7, 11) is 1.21. The van der Waals surface area contributed by atoms with Gasteiger partial charge in [-0.25, -0.2) is 0 Å². The van der Waals surface area contributed by atoms with E-state index in [4.69, 9.17) is 10.2 Å². The van der Waals surface area contributed by atoms with E-state index in [1.807, 2.05) is 0 Å². The molecule has 56 valence electrons. The lowest BCUT2D eigenvalue weighted by Crippen LogP contribution is -2.27. The van der Waals surface area contributed by atoms with E-state index in [1.54, 1.807) is 0 Å². The van der Waals surface area contributed by atoms with E-state index in [0.29, 0.717) is 4.90 Å². The van der Waals surface area contributed by atoms with Crippen molar-refractivity contribution in [3.8, 4) is 0 Å². The second-order valence-electron chi connectivity index (χ2n) is 2.13. The number of hydrogen-bond donors (Lipinski definition) is 2. The maximum atomic E-state index is 10.6. The Kier molecular flexibility index (Phi) is 1.46. The molecule has 0 unspecified atom stereocenters. The molecule has 0 aromatic rings. The Balaban J connectivity index is 2.89. The molecule has 0 aliphatic carbocycles. The highest BCUT2D eigenvalue weighted by Crippen LogP contribution is 2.10. The van der Waals surface area contributed by atoms with Crippen LogP contribution in [0.15, 0.2) is 0 Å². The van der Waals surface area contributed by atoms with Crippen molar-refractivity contribution in [2.75, 3.05) is 7.05 Å². The molecule has 0 saturated carbocycles. The molecule has 10 heavy (non-hydrogen) atoms. The first-order valence-corrected chi connectivity index (χ1v) is 2.73. The number of imide groups is 1. The highest BCUT2D eigenvalue weighted by Gasteiger charge is 2.43. The van der Waals surface area contributed by atoms with Gasteiger partial charge in [0.2, 0.25) is 0 Å². The number of carbonyl (C=O) groups excluding carboxylic acids is 2. The SMILES string of the molecule is CN1C(=O)[C@H](O)[C@@H](O)C1=O. The van der Waals surface area contributed by atoms with Gasteiger partial charge in [-0.2, -0.15) is 0 Å². The van der Waals surface area contributed by atoms with E-state index in [-0.39, 0.29) is 0 Å². The summed E-state index contributed by atoms with van der Waals surface area (Å²) in [4.78, 5) is 21.9. The van der Waals surface area contributed by atoms with Crippen molar-refractivity contribution in [2.24, 2.45) is 0 Å². The zero-order chi connectivity index (χ0) is 7.89. The maximum Gasteiger partial charge on any atom is 0.261 e. The number of likely N-dealkylation sites (tertiary alicyclic amines) is 1. The van der Waals surface area contributed by atoms with Crippen LogP contribution in [-0.2, 0) is 9.59 Å². The Bertz CT molecular complexity index is 170. The largest absolute Gasteiger partial charge is 0.380 e. The highest BCUT2D eigenvalue weighted by molar-refractivity contribution is 6.07. The standard InChI is InChI=1S/C5H7NO4/c1-6-4(9)2(7)3(8)5(6)10/h2-3,7-8H,1H3/t2-,3-/m1/s1. The van der Waals surface area contributed by atoms with Gasteiger partial charge in [0.15, 0.2) is 12.2 Å². The number of carbonyl (C=O) groups is 2. The molecule has 0 aromatic carbocycles. The summed E-state index contributed by atoms with van der Waals surface area (Å²) < 4.78 is 0. The molecule has 0 bridgehead atoms. The monoisotopic (exact) mass is 145 g/mol. The fraction of sp³-hybridized carbons (Fsp3) is 0.600. The zero-order valence-corrected chi connectivity index (χ0v) is 5.31. The first-order chi connectivity index (χ1) is 4.55. The summed E-state index contributed by atoms with van der Waals surface area (Å²) in [5.41, 5.74) is 0. The summed E-state index contributed by atoms with van der Waals surface area (Å²) in [6, 6.07) is 0. The molecule has 1 aliphatic rings. The molecule has 0 aromatic heterocycles. The second-order valence-corrected chi connectivity index (χ2v) is 2.13. The molecule has 2 amide bonds. The topological polar surface area (TPSA) is 77.8 Å². The third-order valence-electron chi connectivity index (χ3n) is 1.47. The van der Waals surface area contributed by atoms with Gasteiger partial charge in [-0.15, -0.1) is 0 Å². The molecular weight excluding hydrogens is 138 g/mol. The number of amides is 2. The van der Waals surface area contributed by atoms with Crippen molar-refractivity contribution in [1.82, 2.24) is 4.90 Å². The first-order valence-electron chi connectivity index (χ1n) is 2.73. The van der Waals surface area contributed by atoms with Gasteiger partial charge in [-0.3, -0.25) is 14.5 Å². The van der Waals surface area contributed by atoms with Crippen LogP contribution in [0.3, 0.4) is 0 Å². The molecule has 0 spiro atoms. The van der Waals surface area contributed by atoms with Gasteiger partial charge in [0, 0.05) is 7.05 Å². The Morgan fingerprint density at radius 1 is 1.20 bits per heavy atom. The Morgan fingerprint density at radius 2 is 1.50 bits per heavy atom. The Hall–Kier alpha value is -0.940. The molecule has 1 saturated heterocycles. The van der Waals surface area contributed by atoms with E-state index in [2.05, 4.69) is 0 Å². The first kappa shape index (κ1) is 7.17. The van der Waals surface area contributed by atoms with Crippen LogP contribution in [0.4, 0.5) is 0 Å². The van der Waals surface area contributed by atoms with Gasteiger partial charge in [0.25, 0.3) is 11.8 Å². The van der Waals surface area contributed by atoms with Crippen LogP contribution < -0.4 is 0 Å². The molecule has 1 heterocycles. The van der Waals surface area contributed by atoms with Crippen LogP contribution in [0.5, 0.6) is 0 Å². The fourth-order valence-electron chi connectivity index (χ4n) is 0.776. The summed E-state index contributed by atoms with van der Waals surface area (Å²) in [5.74, 6) is -1.50. The fourth-order valence-corrected chi connectivity index (χ4v) is 0.776. The second kappa shape index (κ2) is 2.03. The Morgan fingerprint density at radius 3 is 1.60 bits per heavy atom. The minimum Gasteiger partial charge on any atom is -0.380 e. The van der Waals surface area contributed by atoms with Gasteiger partial charge in [-0.05, 0) is 0 Å². The average Bonchev–Trinajstić information content (AvgIpc) is 2.07. The normalized spacial score (nSPS) is 33.7. The molecule has 0 radical (unpaired) electrons. The number of nitrogens with zero attached hydrogens (tertiary/aromatic N) is 1. The number of aliphatic hydroxyl groups is 2. The average molecular weight is 145 g/mol. The van der Waals surface area contributed by atoms with Crippen molar-refractivity contribution in [3.63, 3.8) is 0 Å². The van der Waals surface area contributed by atoms with E-state index >= 15 is 0 Å². The summed E-state index contributed by atoms with van der Waals surface area (Å²) in [6.45, 7) is 0. The molecule has 5 heteroatoms. The van der Waals surface area contributed by atoms with Crippen molar-refractivity contribution >= 4 is 11.8 Å². The van der Waals surface area contributed by atoms with Crippen LogP contribution in [-0.4, -0.2) is 46.2 Å². The maximum absolute atomic E-state index is 10.6. The van der Waals surface area contributed by atoms with Crippen molar-refractivity contribution in [1.29, 1.82) is 0 Å². The number of rotatable bonds is 0. The van der Waals surface area contributed by atoms with Crippen molar-refractivity contribution < 1.29 is 19.8 Å². The molecule has 1 rings (SSSR count). The number of hydrogen-bond acceptors (Lipinski definition) is 4. The number of aliphatic hydroxyl groups excluding tert-OH is 2. The molecular formula is C5H7NO4. The lowest BCUT2D eigenvalue weighted by atomic mass is 10.2. The Labute approximate surface area is 56.9 Å². The number of likely N-dealkylation sites (N-methyl/N-ethyl adjacent to an activating group) is 1. The quantitative estimate of drug-likeness (QED) is 0.376. The smallest absolute Gasteiger partial charge is 0.261 e. The van der Waals surface area contributed by atoms with E-state index < -0.39 is 24.0 Å². The van der Waals surface area contributed by atoms with Gasteiger partial charge >= 0.3 is 0 Å². The van der Waals surface area contributed by atoms with E-state index in [0.717, 1.165) is 0 Å². The minimum atomic E-state index is -1.57. The predicted molar refractivity (Wildman–Crippen MR) is 29.8 cm³/mol. The summed E-state index contributed by atoms with van der Waals surface area (Å²) in [6.07, 6.45) is -3.14. The lowest BCUT2D eigenvalue weighted by molar-refractivity contribution is -0.139. The summed E-state index contributed by atoms with van der Waals surface area (Å²) >= 11 is 0. The minimum absolute atomic E-state index is 0.704. The molecule has 1 fully saturated rings. The van der Waals surface area contributed by atoms with Crippen molar-refractivity contribution in [2.45, 2.75) is 12.2 Å².